The summed E-state index contributed by atoms with van der Waals surface area (Å²) in [5.74, 6) is -1.72. The molecule has 0 amide bonds. The van der Waals surface area contributed by atoms with Crippen LogP contribution >= 0.6 is 0 Å². The maximum absolute atomic E-state index is 13.5. The van der Waals surface area contributed by atoms with Gasteiger partial charge in [0.15, 0.2) is 6.10 Å². The highest BCUT2D eigenvalue weighted by molar-refractivity contribution is 5.86. The third kappa shape index (κ3) is 2.79. The molecule has 3 aliphatic rings. The van der Waals surface area contributed by atoms with Gasteiger partial charge >= 0.3 is 5.97 Å². The van der Waals surface area contributed by atoms with Crippen LogP contribution < -0.4 is 0 Å². The Balaban J connectivity index is 2.24. The molecule has 8 atom stereocenters. The van der Waals surface area contributed by atoms with Gasteiger partial charge in [-0.1, -0.05) is 26.8 Å². The third-order valence-corrected chi connectivity index (χ3v) is 7.73. The topological polar surface area (TPSA) is 93.1 Å². The van der Waals surface area contributed by atoms with Gasteiger partial charge in [-0.25, -0.2) is 0 Å². The molecular formula is C22H34O6. The van der Waals surface area contributed by atoms with Crippen LogP contribution in [-0.4, -0.2) is 51.5 Å². The summed E-state index contributed by atoms with van der Waals surface area (Å²) in [5, 5.41) is 22.6. The molecule has 158 valence electrons. The summed E-state index contributed by atoms with van der Waals surface area (Å²) in [6.45, 7) is 14.6. The van der Waals surface area contributed by atoms with E-state index in [1.807, 2.05) is 20.8 Å². The lowest BCUT2D eigenvalue weighted by molar-refractivity contribution is -0.321. The quantitative estimate of drug-likeness (QED) is 0.552. The summed E-state index contributed by atoms with van der Waals surface area (Å²) in [4.78, 5) is 25.4. The molecule has 6 nitrogen and oxygen atoms in total. The summed E-state index contributed by atoms with van der Waals surface area (Å²) >= 11 is 0. The van der Waals surface area contributed by atoms with Crippen molar-refractivity contribution in [1.29, 1.82) is 0 Å². The standard InChI is InChI=1S/C22H34O6/c1-8-20(5)11-13(24)16-21(6)14(25)9-10-19(3,4)17(21)15(26)18(27-12(2)23)22(16,7)28-20/h8,14-18,25-26H,1,9-11H2,2-7H3/t14-,15-,16+,17-,18-,20-,21+,22-/m0/s1. The van der Waals surface area contributed by atoms with Gasteiger partial charge < -0.3 is 19.7 Å². The molecule has 6 heteroatoms. The van der Waals surface area contributed by atoms with E-state index in [4.69, 9.17) is 9.47 Å². The highest BCUT2D eigenvalue weighted by Crippen LogP contribution is 2.65. The number of rotatable bonds is 2. The molecule has 28 heavy (non-hydrogen) atoms. The van der Waals surface area contributed by atoms with Crippen LogP contribution in [0.15, 0.2) is 12.7 Å². The van der Waals surface area contributed by atoms with Gasteiger partial charge in [0.05, 0.1) is 23.7 Å². The molecule has 2 N–H and O–H groups in total. The van der Waals surface area contributed by atoms with E-state index in [9.17, 15) is 19.8 Å². The average molecular weight is 395 g/mol. The van der Waals surface area contributed by atoms with Gasteiger partial charge in [-0.05, 0) is 32.1 Å². The van der Waals surface area contributed by atoms with Crippen molar-refractivity contribution >= 4 is 11.8 Å². The molecule has 3 rings (SSSR count). The molecule has 0 aromatic heterocycles. The Hall–Kier alpha value is -1.24. The Kier molecular flexibility index (Phi) is 4.89. The summed E-state index contributed by atoms with van der Waals surface area (Å²) < 4.78 is 12.0. The number of fused-ring (bicyclic) bond motifs is 3. The summed E-state index contributed by atoms with van der Waals surface area (Å²) in [5.41, 5.74) is -3.44. The SMILES string of the molecule is C=C[C@@]1(C)CC(=O)[C@H]2[C@](C)(O1)[C@@H](OC(C)=O)[C@@H](O)[C@H]1C(C)(C)CC[C@H](O)[C@@]12C. The number of hydrogen-bond acceptors (Lipinski definition) is 6. The first-order chi connectivity index (χ1) is 12.7. The fourth-order valence-electron chi connectivity index (χ4n) is 6.77. The molecule has 0 unspecified atom stereocenters. The minimum Gasteiger partial charge on any atom is -0.457 e. The predicted octanol–water partition coefficient (Wildman–Crippen LogP) is 2.41. The minimum atomic E-state index is -1.27. The summed E-state index contributed by atoms with van der Waals surface area (Å²) in [6, 6.07) is 0. The number of ketones is 1. The van der Waals surface area contributed by atoms with E-state index in [0.29, 0.717) is 12.8 Å². The molecule has 1 heterocycles. The number of aliphatic hydroxyl groups is 2. The number of carbonyl (C=O) groups excluding carboxylic acids is 2. The Morgan fingerprint density at radius 3 is 2.39 bits per heavy atom. The highest BCUT2D eigenvalue weighted by Gasteiger charge is 2.73. The zero-order valence-corrected chi connectivity index (χ0v) is 17.8. The van der Waals surface area contributed by atoms with Crippen molar-refractivity contribution in [2.24, 2.45) is 22.7 Å². The van der Waals surface area contributed by atoms with Gasteiger partial charge in [0.1, 0.15) is 11.4 Å². The van der Waals surface area contributed by atoms with Crippen molar-refractivity contribution in [2.45, 2.75) is 90.3 Å². The minimum absolute atomic E-state index is 0.0514. The molecule has 2 saturated carbocycles. The number of Topliss-reactive ketones (excluding diaryl/α,β-unsaturated/α-hetero) is 1. The first kappa shape index (κ1) is 21.5. The highest BCUT2D eigenvalue weighted by atomic mass is 16.6. The monoisotopic (exact) mass is 394 g/mol. The van der Waals surface area contributed by atoms with Crippen LogP contribution in [0.4, 0.5) is 0 Å². The van der Waals surface area contributed by atoms with Crippen LogP contribution in [-0.2, 0) is 19.1 Å². The van der Waals surface area contributed by atoms with Crippen molar-refractivity contribution in [3.8, 4) is 0 Å². The second-order valence-corrected chi connectivity index (χ2v) is 10.3. The molecule has 1 aliphatic heterocycles. The van der Waals surface area contributed by atoms with Crippen molar-refractivity contribution < 1.29 is 29.3 Å². The fraction of sp³-hybridized carbons (Fsp3) is 0.818. The van der Waals surface area contributed by atoms with Crippen molar-refractivity contribution in [1.82, 2.24) is 0 Å². The first-order valence-corrected chi connectivity index (χ1v) is 10.1. The molecule has 2 aliphatic carbocycles. The van der Waals surface area contributed by atoms with E-state index < -0.39 is 52.7 Å². The van der Waals surface area contributed by atoms with E-state index in [1.165, 1.54) is 6.92 Å². The molecule has 0 spiro atoms. The van der Waals surface area contributed by atoms with Crippen molar-refractivity contribution in [3.63, 3.8) is 0 Å². The Morgan fingerprint density at radius 2 is 1.86 bits per heavy atom. The van der Waals surface area contributed by atoms with Gasteiger partial charge in [0, 0.05) is 24.7 Å². The normalized spacial score (nSPS) is 50.3. The fourth-order valence-corrected chi connectivity index (χ4v) is 6.77. The maximum atomic E-state index is 13.5. The van der Waals surface area contributed by atoms with Crippen LogP contribution in [0.3, 0.4) is 0 Å². The molecule has 0 aromatic rings. The van der Waals surface area contributed by atoms with Crippen LogP contribution in [0, 0.1) is 22.7 Å². The number of ether oxygens (including phenoxy) is 2. The lowest BCUT2D eigenvalue weighted by atomic mass is 9.41. The molecule has 1 saturated heterocycles. The lowest BCUT2D eigenvalue weighted by Gasteiger charge is -2.68. The molecular weight excluding hydrogens is 360 g/mol. The van der Waals surface area contributed by atoms with E-state index in [0.717, 1.165) is 0 Å². The van der Waals surface area contributed by atoms with Gasteiger partial charge in [0.25, 0.3) is 0 Å². The van der Waals surface area contributed by atoms with Crippen LogP contribution in [0.2, 0.25) is 0 Å². The second kappa shape index (κ2) is 6.38. The molecule has 0 radical (unpaired) electrons. The Morgan fingerprint density at radius 1 is 1.25 bits per heavy atom. The predicted molar refractivity (Wildman–Crippen MR) is 103 cm³/mol. The van der Waals surface area contributed by atoms with Crippen molar-refractivity contribution in [2.75, 3.05) is 0 Å². The van der Waals surface area contributed by atoms with Gasteiger partial charge in [-0.3, -0.25) is 9.59 Å². The van der Waals surface area contributed by atoms with Crippen LogP contribution in [0.1, 0.15) is 60.8 Å². The maximum Gasteiger partial charge on any atom is 0.303 e. The first-order valence-electron chi connectivity index (χ1n) is 10.1. The zero-order valence-electron chi connectivity index (χ0n) is 17.8. The second-order valence-electron chi connectivity index (χ2n) is 10.3. The average Bonchev–Trinajstić information content (AvgIpc) is 2.54. The van der Waals surface area contributed by atoms with Crippen LogP contribution in [0.5, 0.6) is 0 Å². The zero-order chi connectivity index (χ0) is 21.3. The summed E-state index contributed by atoms with van der Waals surface area (Å²) in [6.07, 6.45) is 0.128. The Bertz CT molecular complexity index is 701. The van der Waals surface area contributed by atoms with E-state index in [2.05, 4.69) is 6.58 Å². The van der Waals surface area contributed by atoms with Gasteiger partial charge in [-0.2, -0.15) is 0 Å². The van der Waals surface area contributed by atoms with E-state index >= 15 is 0 Å². The number of carbonyl (C=O) groups is 2. The smallest absolute Gasteiger partial charge is 0.303 e. The Labute approximate surface area is 167 Å². The van der Waals surface area contributed by atoms with E-state index in [-0.39, 0.29) is 17.6 Å². The number of aliphatic hydroxyl groups excluding tert-OH is 2. The number of esters is 1. The lowest BCUT2D eigenvalue weighted by Crippen LogP contribution is -2.77. The van der Waals surface area contributed by atoms with Crippen LogP contribution in [0.25, 0.3) is 0 Å². The third-order valence-electron chi connectivity index (χ3n) is 7.73. The van der Waals surface area contributed by atoms with Gasteiger partial charge in [0.2, 0.25) is 0 Å². The number of hydrogen-bond donors (Lipinski definition) is 2. The molecule has 0 bridgehead atoms. The van der Waals surface area contributed by atoms with E-state index in [1.54, 1.807) is 19.9 Å². The molecule has 3 fully saturated rings. The largest absolute Gasteiger partial charge is 0.457 e. The van der Waals surface area contributed by atoms with Crippen molar-refractivity contribution in [3.05, 3.63) is 12.7 Å². The van der Waals surface area contributed by atoms with Gasteiger partial charge in [-0.15, -0.1) is 6.58 Å². The molecule has 0 aromatic carbocycles. The summed E-state index contributed by atoms with van der Waals surface area (Å²) in [7, 11) is 0.